The first-order chi connectivity index (χ1) is 6.69. The number of ether oxygens (including phenoxy) is 1. The third kappa shape index (κ3) is 0.830. The fourth-order valence-corrected chi connectivity index (χ4v) is 2.37. The maximum atomic E-state index is 11.2. The van der Waals surface area contributed by atoms with Gasteiger partial charge in [-0.2, -0.15) is 0 Å². The Bertz CT molecular complexity index is 459. The first kappa shape index (κ1) is 7.80. The van der Waals surface area contributed by atoms with Crippen LogP contribution in [0.25, 0.3) is 5.57 Å². The number of fused-ring (bicyclic) bond motifs is 3. The molecule has 70 valence electrons. The van der Waals surface area contributed by atoms with Crippen molar-refractivity contribution < 1.29 is 9.53 Å². The molecule has 0 radical (unpaired) electrons. The quantitative estimate of drug-likeness (QED) is 0.579. The first-order valence-electron chi connectivity index (χ1n) is 4.72. The van der Waals surface area contributed by atoms with E-state index >= 15 is 0 Å². The Morgan fingerprint density at radius 3 is 3.00 bits per heavy atom. The number of carbonyl (C=O) groups is 1. The molecule has 1 heterocycles. The highest BCUT2D eigenvalue weighted by molar-refractivity contribution is 6.00. The summed E-state index contributed by atoms with van der Waals surface area (Å²) in [4.78, 5) is 11.2. The van der Waals surface area contributed by atoms with E-state index in [0.717, 1.165) is 12.0 Å². The molecule has 0 amide bonds. The molecule has 0 saturated heterocycles. The lowest BCUT2D eigenvalue weighted by Crippen LogP contribution is -2.25. The van der Waals surface area contributed by atoms with E-state index < -0.39 is 5.60 Å². The number of rotatable bonds is 0. The van der Waals surface area contributed by atoms with Crippen LogP contribution < -0.4 is 0 Å². The van der Waals surface area contributed by atoms with E-state index in [2.05, 4.69) is 6.07 Å². The molecule has 2 aliphatic rings. The third-order valence-electron chi connectivity index (χ3n) is 2.99. The Kier molecular flexibility index (Phi) is 1.26. The Balaban J connectivity index is 2.24. The molecule has 1 aliphatic heterocycles. The van der Waals surface area contributed by atoms with Crippen LogP contribution in [-0.4, -0.2) is 11.6 Å². The molecule has 1 aromatic rings. The summed E-state index contributed by atoms with van der Waals surface area (Å²) in [6, 6.07) is 8.15. The highest BCUT2D eigenvalue weighted by Gasteiger charge is 2.45. The van der Waals surface area contributed by atoms with Crippen LogP contribution in [0.3, 0.4) is 0 Å². The predicted octanol–water partition coefficient (Wildman–Crippen LogP) is 1.94. The second kappa shape index (κ2) is 2.27. The largest absolute Gasteiger partial charge is 0.451 e. The maximum absolute atomic E-state index is 11.2. The zero-order chi connectivity index (χ0) is 9.76. The minimum atomic E-state index is -0.402. The summed E-state index contributed by atoms with van der Waals surface area (Å²) in [5.74, 6) is -0.211. The topological polar surface area (TPSA) is 26.3 Å². The van der Waals surface area contributed by atoms with Gasteiger partial charge in [0.25, 0.3) is 0 Å². The fourth-order valence-electron chi connectivity index (χ4n) is 2.37. The van der Waals surface area contributed by atoms with Crippen molar-refractivity contribution in [2.24, 2.45) is 0 Å². The molecule has 0 bridgehead atoms. The molecular weight excluding hydrogens is 176 g/mol. The Hall–Kier alpha value is -1.57. The van der Waals surface area contributed by atoms with Crippen LogP contribution in [0.5, 0.6) is 0 Å². The van der Waals surface area contributed by atoms with Crippen LogP contribution in [0.15, 0.2) is 30.3 Å². The highest BCUT2D eigenvalue weighted by Crippen LogP contribution is 2.45. The fraction of sp³-hybridized carbons (Fsp3) is 0.250. The molecule has 2 nitrogen and oxygen atoms in total. The van der Waals surface area contributed by atoms with Gasteiger partial charge >= 0.3 is 5.97 Å². The van der Waals surface area contributed by atoms with E-state index in [9.17, 15) is 4.79 Å². The normalized spacial score (nSPS) is 28.1. The van der Waals surface area contributed by atoms with Gasteiger partial charge < -0.3 is 4.74 Å². The molecule has 1 atom stereocenters. The van der Waals surface area contributed by atoms with Gasteiger partial charge in [-0.05, 0) is 18.1 Å². The molecule has 2 heteroatoms. The molecule has 1 aliphatic carbocycles. The predicted molar refractivity (Wildman–Crippen MR) is 52.6 cm³/mol. The third-order valence-corrected chi connectivity index (χ3v) is 2.99. The van der Waals surface area contributed by atoms with E-state index in [1.165, 1.54) is 11.1 Å². The zero-order valence-corrected chi connectivity index (χ0v) is 7.91. The molecule has 0 aromatic heterocycles. The smallest absolute Gasteiger partial charge is 0.332 e. The Morgan fingerprint density at radius 2 is 2.14 bits per heavy atom. The molecule has 0 spiro atoms. The molecule has 14 heavy (non-hydrogen) atoms. The van der Waals surface area contributed by atoms with Gasteiger partial charge in [0.2, 0.25) is 0 Å². The van der Waals surface area contributed by atoms with Crippen molar-refractivity contribution in [1.29, 1.82) is 0 Å². The monoisotopic (exact) mass is 186 g/mol. The zero-order valence-electron chi connectivity index (χ0n) is 7.91. The Morgan fingerprint density at radius 1 is 1.36 bits per heavy atom. The molecule has 0 fully saturated rings. The standard InChI is InChI=1S/C12H10O2/c1-12-7-8-4-2-3-5-9(8)10(12)6-11(13)14-12/h2-6H,7H2,1H3/t12-/m1/s1. The van der Waals surface area contributed by atoms with Gasteiger partial charge in [0, 0.05) is 18.1 Å². The molecule has 3 rings (SSSR count). The summed E-state index contributed by atoms with van der Waals surface area (Å²) >= 11 is 0. The van der Waals surface area contributed by atoms with E-state index in [0.29, 0.717) is 0 Å². The van der Waals surface area contributed by atoms with Gasteiger partial charge in [0.05, 0.1) is 0 Å². The lowest BCUT2D eigenvalue weighted by Gasteiger charge is -2.19. The summed E-state index contributed by atoms with van der Waals surface area (Å²) in [6.07, 6.45) is 2.42. The van der Waals surface area contributed by atoms with Gasteiger partial charge in [0.1, 0.15) is 5.60 Å². The summed E-state index contributed by atoms with van der Waals surface area (Å²) in [7, 11) is 0. The number of benzene rings is 1. The van der Waals surface area contributed by atoms with E-state index in [4.69, 9.17) is 4.74 Å². The van der Waals surface area contributed by atoms with E-state index in [-0.39, 0.29) is 5.97 Å². The second-order valence-corrected chi connectivity index (χ2v) is 4.04. The minimum absolute atomic E-state index is 0.211. The van der Waals surface area contributed by atoms with Crippen LogP contribution in [0, 0.1) is 0 Å². The van der Waals surface area contributed by atoms with Crippen molar-refractivity contribution >= 4 is 11.5 Å². The van der Waals surface area contributed by atoms with Crippen LogP contribution in [0.4, 0.5) is 0 Å². The van der Waals surface area contributed by atoms with Crippen LogP contribution in [0.2, 0.25) is 0 Å². The first-order valence-corrected chi connectivity index (χ1v) is 4.72. The average molecular weight is 186 g/mol. The van der Waals surface area contributed by atoms with Gasteiger partial charge in [-0.15, -0.1) is 0 Å². The Labute approximate surface area is 82.2 Å². The molecule has 0 saturated carbocycles. The minimum Gasteiger partial charge on any atom is -0.451 e. The lowest BCUT2D eigenvalue weighted by molar-refractivity contribution is -0.143. The van der Waals surface area contributed by atoms with Crippen molar-refractivity contribution in [3.8, 4) is 0 Å². The van der Waals surface area contributed by atoms with Crippen molar-refractivity contribution in [2.75, 3.05) is 0 Å². The van der Waals surface area contributed by atoms with Gasteiger partial charge in [-0.25, -0.2) is 4.79 Å². The van der Waals surface area contributed by atoms with Crippen molar-refractivity contribution in [1.82, 2.24) is 0 Å². The number of carbonyl (C=O) groups excluding carboxylic acids is 1. The number of hydrogen-bond acceptors (Lipinski definition) is 2. The molecule has 0 N–H and O–H groups in total. The lowest BCUT2D eigenvalue weighted by atomic mass is 9.98. The molecule has 0 unspecified atom stereocenters. The number of hydrogen-bond donors (Lipinski definition) is 0. The van der Waals surface area contributed by atoms with Crippen molar-refractivity contribution in [2.45, 2.75) is 18.9 Å². The summed E-state index contributed by atoms with van der Waals surface area (Å²) in [5.41, 5.74) is 3.08. The summed E-state index contributed by atoms with van der Waals surface area (Å²) in [5, 5.41) is 0. The van der Waals surface area contributed by atoms with Gasteiger partial charge in [-0.1, -0.05) is 24.3 Å². The molecular formula is C12H10O2. The second-order valence-electron chi connectivity index (χ2n) is 4.04. The van der Waals surface area contributed by atoms with Gasteiger partial charge in [-0.3, -0.25) is 0 Å². The van der Waals surface area contributed by atoms with Crippen LogP contribution in [-0.2, 0) is 16.0 Å². The van der Waals surface area contributed by atoms with Crippen molar-refractivity contribution in [3.63, 3.8) is 0 Å². The van der Waals surface area contributed by atoms with Crippen molar-refractivity contribution in [3.05, 3.63) is 41.5 Å². The van der Waals surface area contributed by atoms with Crippen LogP contribution in [0.1, 0.15) is 18.1 Å². The number of esters is 1. The summed E-state index contributed by atoms with van der Waals surface area (Å²) in [6.45, 7) is 1.98. The van der Waals surface area contributed by atoms with Gasteiger partial charge in [0.15, 0.2) is 0 Å². The van der Waals surface area contributed by atoms with E-state index in [1.54, 1.807) is 6.08 Å². The molecule has 1 aromatic carbocycles. The average Bonchev–Trinajstić information content (AvgIpc) is 2.54. The van der Waals surface area contributed by atoms with Crippen LogP contribution >= 0.6 is 0 Å². The van der Waals surface area contributed by atoms with E-state index in [1.807, 2.05) is 25.1 Å². The summed E-state index contributed by atoms with van der Waals surface area (Å²) < 4.78 is 5.32. The maximum Gasteiger partial charge on any atom is 0.332 e. The SMILES string of the molecule is C[C@@]12Cc3ccccc3C1=CC(=O)O2. The highest BCUT2D eigenvalue weighted by atomic mass is 16.6.